The molecule has 0 fully saturated rings. The van der Waals surface area contributed by atoms with Crippen molar-refractivity contribution < 1.29 is 28.9 Å². The van der Waals surface area contributed by atoms with Crippen LogP contribution in [0.3, 0.4) is 0 Å². The summed E-state index contributed by atoms with van der Waals surface area (Å²) >= 11 is 0. The first-order valence-electron chi connectivity index (χ1n) is 11.6. The van der Waals surface area contributed by atoms with Crippen LogP contribution in [0.25, 0.3) is 0 Å². The zero-order valence-corrected chi connectivity index (χ0v) is 20.0. The highest BCUT2D eigenvalue weighted by Gasteiger charge is 2.27. The van der Waals surface area contributed by atoms with Gasteiger partial charge in [-0.2, -0.15) is 0 Å². The molecule has 0 saturated carbocycles. The van der Waals surface area contributed by atoms with E-state index in [4.69, 9.17) is 9.47 Å². The molecule has 2 aromatic carbocycles. The molecule has 4 rings (SSSR count). The van der Waals surface area contributed by atoms with Crippen LogP contribution in [0.2, 0.25) is 0 Å². The zero-order valence-electron chi connectivity index (χ0n) is 20.0. The fraction of sp³-hybridized carbons (Fsp3) is 0.417. The highest BCUT2D eigenvalue weighted by atomic mass is 16.6. The quantitative estimate of drug-likeness (QED) is 0.342. The van der Waals surface area contributed by atoms with Crippen molar-refractivity contribution in [3.8, 4) is 0 Å². The summed E-state index contributed by atoms with van der Waals surface area (Å²) in [6.45, 7) is 5.16. The Bertz CT molecular complexity index is 1150. The van der Waals surface area contributed by atoms with Gasteiger partial charge in [0.2, 0.25) is 0 Å². The number of nitro benzene ring substituents is 2. The molecule has 0 saturated heterocycles. The molecule has 0 unspecified atom stereocenters. The van der Waals surface area contributed by atoms with E-state index in [-0.39, 0.29) is 29.4 Å². The van der Waals surface area contributed by atoms with Gasteiger partial charge in [0, 0.05) is 37.4 Å². The molecule has 0 amide bonds. The van der Waals surface area contributed by atoms with Crippen molar-refractivity contribution in [1.29, 1.82) is 0 Å². The minimum Gasteiger partial charge on any atom is -0.465 e. The number of nitrogens with zero attached hydrogens (tertiary/aromatic N) is 2. The van der Waals surface area contributed by atoms with Crippen molar-refractivity contribution in [3.05, 3.63) is 78.9 Å². The van der Waals surface area contributed by atoms with Crippen molar-refractivity contribution in [2.45, 2.75) is 51.9 Å². The van der Waals surface area contributed by atoms with Crippen molar-refractivity contribution in [2.24, 2.45) is 0 Å². The van der Waals surface area contributed by atoms with Gasteiger partial charge in [0.05, 0.1) is 23.1 Å². The van der Waals surface area contributed by atoms with Crippen LogP contribution in [0.1, 0.15) is 36.1 Å². The lowest BCUT2D eigenvalue weighted by Crippen LogP contribution is -2.42. The normalized spacial score (nSPS) is 17.9. The van der Waals surface area contributed by atoms with Gasteiger partial charge in [-0.05, 0) is 48.9 Å². The van der Waals surface area contributed by atoms with E-state index in [1.54, 1.807) is 32.0 Å². The first-order valence-corrected chi connectivity index (χ1v) is 11.6. The number of carbonyl (C=O) groups is 2. The number of benzene rings is 2. The maximum absolute atomic E-state index is 11.6. The van der Waals surface area contributed by atoms with E-state index >= 15 is 0 Å². The number of hydrogen-bond donors (Lipinski definition) is 2. The van der Waals surface area contributed by atoms with Gasteiger partial charge < -0.3 is 20.1 Å². The van der Waals surface area contributed by atoms with Crippen LogP contribution in [0.15, 0.2) is 36.4 Å². The molecule has 2 heterocycles. The minimum atomic E-state index is -0.429. The predicted molar refractivity (Wildman–Crippen MR) is 128 cm³/mol. The number of nitrogens with one attached hydrogen (secondary N) is 2. The molecule has 2 aromatic rings. The Morgan fingerprint density at radius 3 is 1.72 bits per heavy atom. The maximum Gasteiger partial charge on any atom is 0.323 e. The molecule has 0 radical (unpaired) electrons. The van der Waals surface area contributed by atoms with E-state index in [9.17, 15) is 29.8 Å². The lowest BCUT2D eigenvalue weighted by molar-refractivity contribution is -0.385. The molecule has 2 aliphatic heterocycles. The first-order chi connectivity index (χ1) is 17.2. The summed E-state index contributed by atoms with van der Waals surface area (Å²) in [5.74, 6) is -0.587. The molecule has 0 aromatic heterocycles. The second-order valence-corrected chi connectivity index (χ2v) is 8.20. The van der Waals surface area contributed by atoms with Gasteiger partial charge in [0.25, 0.3) is 11.4 Å². The van der Waals surface area contributed by atoms with Crippen LogP contribution in [0.4, 0.5) is 11.4 Å². The number of hydrogen-bond acceptors (Lipinski definition) is 10. The summed E-state index contributed by atoms with van der Waals surface area (Å²) in [6.07, 6.45) is 0.933. The number of fused-ring (bicyclic) bond motifs is 2. The van der Waals surface area contributed by atoms with Crippen LogP contribution in [-0.4, -0.2) is 47.1 Å². The maximum atomic E-state index is 11.6. The standard InChI is InChI=1S/2C12H14N2O4/c1-2-18-12(15)11-6-9-5-10(14(16)17)4-3-8(9)7-13-11;1-2-18-12(15)11-6-8-3-4-10(14(16)17)5-9(8)7-13-11/h2*3-5,11,13H,2,6-7H2,1H3/t2*11-/m00/s1. The first kappa shape index (κ1) is 26.7. The Kier molecular flexibility index (Phi) is 9.03. The van der Waals surface area contributed by atoms with Crippen molar-refractivity contribution in [2.75, 3.05) is 13.2 Å². The summed E-state index contributed by atoms with van der Waals surface area (Å²) < 4.78 is 9.89. The number of non-ortho nitro benzene ring substituents is 2. The fourth-order valence-electron chi connectivity index (χ4n) is 4.05. The van der Waals surface area contributed by atoms with E-state index < -0.39 is 15.9 Å². The highest BCUT2D eigenvalue weighted by Crippen LogP contribution is 2.24. The van der Waals surface area contributed by atoms with E-state index in [0.717, 1.165) is 22.3 Å². The second-order valence-electron chi connectivity index (χ2n) is 8.20. The average molecular weight is 501 g/mol. The molecule has 0 bridgehead atoms. The van der Waals surface area contributed by atoms with Gasteiger partial charge in [-0.1, -0.05) is 12.1 Å². The smallest absolute Gasteiger partial charge is 0.323 e. The molecular formula is C24H28N4O8. The summed E-state index contributed by atoms with van der Waals surface area (Å²) in [6, 6.07) is 8.67. The molecule has 0 spiro atoms. The van der Waals surface area contributed by atoms with Gasteiger partial charge in [-0.15, -0.1) is 0 Å². The van der Waals surface area contributed by atoms with Crippen LogP contribution in [-0.2, 0) is 45.0 Å². The number of rotatable bonds is 6. The third-order valence-corrected chi connectivity index (χ3v) is 5.87. The summed E-state index contributed by atoms with van der Waals surface area (Å²) in [5.41, 5.74) is 3.77. The topological polar surface area (TPSA) is 163 Å². The van der Waals surface area contributed by atoms with E-state index in [1.165, 1.54) is 18.2 Å². The van der Waals surface area contributed by atoms with Crippen molar-refractivity contribution >= 4 is 23.3 Å². The molecular weight excluding hydrogens is 472 g/mol. The van der Waals surface area contributed by atoms with E-state index in [1.807, 2.05) is 0 Å². The van der Waals surface area contributed by atoms with E-state index in [2.05, 4.69) is 10.6 Å². The molecule has 12 heteroatoms. The second kappa shape index (κ2) is 12.2. The molecule has 2 atom stereocenters. The predicted octanol–water partition coefficient (Wildman–Crippen LogP) is 2.34. The number of esters is 2. The van der Waals surface area contributed by atoms with Crippen LogP contribution in [0.5, 0.6) is 0 Å². The number of ether oxygens (including phenoxy) is 2. The third kappa shape index (κ3) is 6.61. The number of carbonyl (C=O) groups excluding carboxylic acids is 2. The van der Waals surface area contributed by atoms with Crippen LogP contribution >= 0.6 is 0 Å². The lowest BCUT2D eigenvalue weighted by Gasteiger charge is -2.24. The largest absolute Gasteiger partial charge is 0.465 e. The monoisotopic (exact) mass is 500 g/mol. The number of nitro groups is 2. The molecule has 12 nitrogen and oxygen atoms in total. The lowest BCUT2D eigenvalue weighted by atomic mass is 9.95. The van der Waals surface area contributed by atoms with Crippen molar-refractivity contribution in [1.82, 2.24) is 10.6 Å². The average Bonchev–Trinajstić information content (AvgIpc) is 2.88. The highest BCUT2D eigenvalue weighted by molar-refractivity contribution is 5.77. The third-order valence-electron chi connectivity index (χ3n) is 5.87. The summed E-state index contributed by atoms with van der Waals surface area (Å²) in [5, 5.41) is 27.5. The summed E-state index contributed by atoms with van der Waals surface area (Å²) in [4.78, 5) is 43.7. The Balaban J connectivity index is 0.000000201. The minimum absolute atomic E-state index is 0.0539. The Labute approximate surface area is 207 Å². The molecule has 2 N–H and O–H groups in total. The molecule has 2 aliphatic rings. The van der Waals surface area contributed by atoms with Crippen LogP contribution < -0.4 is 10.6 Å². The van der Waals surface area contributed by atoms with Crippen LogP contribution in [0, 0.1) is 20.2 Å². The van der Waals surface area contributed by atoms with Gasteiger partial charge in [-0.3, -0.25) is 29.8 Å². The van der Waals surface area contributed by atoms with Crippen molar-refractivity contribution in [3.63, 3.8) is 0 Å². The Morgan fingerprint density at radius 1 is 0.778 bits per heavy atom. The molecule has 36 heavy (non-hydrogen) atoms. The van der Waals surface area contributed by atoms with Gasteiger partial charge in [0.15, 0.2) is 0 Å². The zero-order chi connectivity index (χ0) is 26.2. The molecule has 0 aliphatic carbocycles. The fourth-order valence-corrected chi connectivity index (χ4v) is 4.05. The van der Waals surface area contributed by atoms with Gasteiger partial charge in [0.1, 0.15) is 12.1 Å². The van der Waals surface area contributed by atoms with Gasteiger partial charge >= 0.3 is 11.9 Å². The van der Waals surface area contributed by atoms with Gasteiger partial charge in [-0.25, -0.2) is 0 Å². The SMILES string of the molecule is CCOC(=O)[C@@H]1Cc2cc([N+](=O)[O-])ccc2CN1.CCOC(=O)[C@@H]1Cc2ccc([N+](=O)[O-])cc2CN1. The Morgan fingerprint density at radius 2 is 1.22 bits per heavy atom. The summed E-state index contributed by atoms with van der Waals surface area (Å²) in [7, 11) is 0. The van der Waals surface area contributed by atoms with E-state index in [0.29, 0.717) is 39.1 Å². The Hall–Kier alpha value is -3.90. The molecule has 192 valence electrons.